The molecule has 122 valence electrons. The average Bonchev–Trinajstić information content (AvgIpc) is 2.53. The summed E-state index contributed by atoms with van der Waals surface area (Å²) < 4.78 is 5.26. The van der Waals surface area contributed by atoms with Gasteiger partial charge in [-0.2, -0.15) is 0 Å². The van der Waals surface area contributed by atoms with Gasteiger partial charge in [0.25, 0.3) is 5.69 Å². The van der Waals surface area contributed by atoms with Crippen LogP contribution in [0, 0.1) is 10.1 Å². The third kappa shape index (κ3) is 5.71. The number of rotatable bonds is 9. The minimum atomic E-state index is -0.463. The lowest BCUT2D eigenvalue weighted by molar-refractivity contribution is -0.385. The Morgan fingerprint density at radius 1 is 1.18 bits per heavy atom. The molecule has 0 saturated heterocycles. The highest BCUT2D eigenvalue weighted by Crippen LogP contribution is 2.18. The second-order valence-electron chi connectivity index (χ2n) is 5.13. The SMILES string of the molecule is CCCCN(CCCC)C(=O)OCc1ccccc1[N+](=O)[O-]. The molecule has 1 rings (SSSR count). The Morgan fingerprint density at radius 3 is 2.32 bits per heavy atom. The van der Waals surface area contributed by atoms with E-state index in [1.807, 2.05) is 0 Å². The first kappa shape index (κ1) is 17.9. The van der Waals surface area contributed by atoms with Crippen LogP contribution in [-0.4, -0.2) is 29.0 Å². The molecule has 6 nitrogen and oxygen atoms in total. The molecule has 1 aromatic carbocycles. The fourth-order valence-corrected chi connectivity index (χ4v) is 2.03. The van der Waals surface area contributed by atoms with Crippen molar-refractivity contribution >= 4 is 11.8 Å². The Morgan fingerprint density at radius 2 is 1.77 bits per heavy atom. The minimum Gasteiger partial charge on any atom is -0.444 e. The number of benzene rings is 1. The van der Waals surface area contributed by atoms with Crippen molar-refractivity contribution < 1.29 is 14.5 Å². The lowest BCUT2D eigenvalue weighted by Crippen LogP contribution is -2.33. The summed E-state index contributed by atoms with van der Waals surface area (Å²) in [6.45, 7) is 5.37. The van der Waals surface area contributed by atoms with Gasteiger partial charge in [0.15, 0.2) is 0 Å². The number of nitro groups is 1. The minimum absolute atomic E-state index is 0.0241. The number of hydrogen-bond acceptors (Lipinski definition) is 4. The fourth-order valence-electron chi connectivity index (χ4n) is 2.03. The van der Waals surface area contributed by atoms with Crippen molar-refractivity contribution in [3.63, 3.8) is 0 Å². The van der Waals surface area contributed by atoms with E-state index in [1.165, 1.54) is 6.07 Å². The van der Waals surface area contributed by atoms with Crippen molar-refractivity contribution in [1.82, 2.24) is 4.90 Å². The molecular formula is C16H24N2O4. The van der Waals surface area contributed by atoms with Gasteiger partial charge in [0, 0.05) is 19.2 Å². The summed E-state index contributed by atoms with van der Waals surface area (Å²) in [5.41, 5.74) is 0.385. The number of nitro benzene ring substituents is 1. The maximum absolute atomic E-state index is 12.1. The summed E-state index contributed by atoms with van der Waals surface area (Å²) in [4.78, 5) is 24.3. The second kappa shape index (κ2) is 9.76. The first-order valence-corrected chi connectivity index (χ1v) is 7.74. The number of para-hydroxylation sites is 1. The van der Waals surface area contributed by atoms with Crippen LogP contribution in [0.1, 0.15) is 45.1 Å². The Bertz CT molecular complexity index is 483. The van der Waals surface area contributed by atoms with Gasteiger partial charge in [-0.05, 0) is 18.9 Å². The van der Waals surface area contributed by atoms with Gasteiger partial charge in [-0.25, -0.2) is 4.79 Å². The normalized spacial score (nSPS) is 10.3. The smallest absolute Gasteiger partial charge is 0.410 e. The maximum atomic E-state index is 12.1. The van der Waals surface area contributed by atoms with Crippen LogP contribution in [0.25, 0.3) is 0 Å². The number of amides is 1. The molecule has 1 aromatic rings. The van der Waals surface area contributed by atoms with Crippen LogP contribution >= 0.6 is 0 Å². The summed E-state index contributed by atoms with van der Waals surface area (Å²) in [7, 11) is 0. The zero-order valence-electron chi connectivity index (χ0n) is 13.3. The van der Waals surface area contributed by atoms with Gasteiger partial charge in [0.05, 0.1) is 10.5 Å². The Hall–Kier alpha value is -2.11. The molecule has 0 unspecified atom stereocenters. The Kier molecular flexibility index (Phi) is 7.96. The third-order valence-electron chi connectivity index (χ3n) is 3.36. The molecule has 0 aliphatic carbocycles. The molecule has 0 bridgehead atoms. The highest BCUT2D eigenvalue weighted by atomic mass is 16.6. The molecule has 22 heavy (non-hydrogen) atoms. The van der Waals surface area contributed by atoms with E-state index in [4.69, 9.17) is 4.74 Å². The first-order valence-electron chi connectivity index (χ1n) is 7.74. The van der Waals surface area contributed by atoms with Gasteiger partial charge < -0.3 is 9.64 Å². The molecule has 6 heteroatoms. The van der Waals surface area contributed by atoms with Crippen LogP contribution in [0.2, 0.25) is 0 Å². The van der Waals surface area contributed by atoms with Gasteiger partial charge in [-0.3, -0.25) is 10.1 Å². The molecule has 0 saturated carbocycles. The van der Waals surface area contributed by atoms with Crippen molar-refractivity contribution in [3.05, 3.63) is 39.9 Å². The molecule has 0 N–H and O–H groups in total. The van der Waals surface area contributed by atoms with E-state index < -0.39 is 11.0 Å². The predicted octanol–water partition coefficient (Wildman–Crippen LogP) is 4.13. The lowest BCUT2D eigenvalue weighted by atomic mass is 10.2. The first-order chi connectivity index (χ1) is 10.6. The molecule has 0 aliphatic rings. The zero-order chi connectivity index (χ0) is 16.4. The standard InChI is InChI=1S/C16H24N2O4/c1-3-5-11-17(12-6-4-2)16(19)22-13-14-9-7-8-10-15(14)18(20)21/h7-10H,3-6,11-13H2,1-2H3. The zero-order valence-corrected chi connectivity index (χ0v) is 13.3. The van der Waals surface area contributed by atoms with Crippen molar-refractivity contribution in [2.75, 3.05) is 13.1 Å². The lowest BCUT2D eigenvalue weighted by Gasteiger charge is -2.21. The molecular weight excluding hydrogens is 284 g/mol. The van der Waals surface area contributed by atoms with Crippen molar-refractivity contribution in [2.24, 2.45) is 0 Å². The topological polar surface area (TPSA) is 72.7 Å². The predicted molar refractivity (Wildman–Crippen MR) is 84.7 cm³/mol. The van der Waals surface area contributed by atoms with Crippen molar-refractivity contribution in [2.45, 2.75) is 46.1 Å². The molecule has 0 spiro atoms. The molecule has 0 radical (unpaired) electrons. The summed E-state index contributed by atoms with van der Waals surface area (Å²) in [5, 5.41) is 10.9. The highest BCUT2D eigenvalue weighted by Gasteiger charge is 2.17. The molecule has 0 heterocycles. The number of unbranched alkanes of at least 4 members (excludes halogenated alkanes) is 2. The monoisotopic (exact) mass is 308 g/mol. The largest absolute Gasteiger partial charge is 0.444 e. The van der Waals surface area contributed by atoms with Crippen LogP contribution in [0.3, 0.4) is 0 Å². The molecule has 0 aliphatic heterocycles. The second-order valence-corrected chi connectivity index (χ2v) is 5.13. The van der Waals surface area contributed by atoms with Crippen molar-refractivity contribution in [1.29, 1.82) is 0 Å². The molecule has 0 fully saturated rings. The number of ether oxygens (including phenoxy) is 1. The van der Waals surface area contributed by atoms with E-state index in [2.05, 4.69) is 13.8 Å². The van der Waals surface area contributed by atoms with Gasteiger partial charge in [-0.1, -0.05) is 38.8 Å². The van der Waals surface area contributed by atoms with Crippen LogP contribution in [0.4, 0.5) is 10.5 Å². The Balaban J connectivity index is 2.63. The number of nitrogens with zero attached hydrogens (tertiary/aromatic N) is 2. The van der Waals surface area contributed by atoms with Gasteiger partial charge in [0.2, 0.25) is 0 Å². The highest BCUT2D eigenvalue weighted by molar-refractivity contribution is 5.67. The maximum Gasteiger partial charge on any atom is 0.410 e. The van der Waals surface area contributed by atoms with Crippen LogP contribution in [0.15, 0.2) is 24.3 Å². The molecule has 0 aromatic heterocycles. The van der Waals surface area contributed by atoms with E-state index in [9.17, 15) is 14.9 Å². The van der Waals surface area contributed by atoms with Gasteiger partial charge in [0.1, 0.15) is 6.61 Å². The van der Waals surface area contributed by atoms with E-state index in [0.29, 0.717) is 18.7 Å². The van der Waals surface area contributed by atoms with Gasteiger partial charge in [-0.15, -0.1) is 0 Å². The van der Waals surface area contributed by atoms with Crippen LogP contribution in [-0.2, 0) is 11.3 Å². The van der Waals surface area contributed by atoms with E-state index in [-0.39, 0.29) is 12.3 Å². The fraction of sp³-hybridized carbons (Fsp3) is 0.562. The molecule has 1 amide bonds. The van der Waals surface area contributed by atoms with Crippen molar-refractivity contribution in [3.8, 4) is 0 Å². The summed E-state index contributed by atoms with van der Waals surface area (Å²) in [5.74, 6) is 0. The van der Waals surface area contributed by atoms with E-state index >= 15 is 0 Å². The summed E-state index contributed by atoms with van der Waals surface area (Å²) >= 11 is 0. The number of carbonyl (C=O) groups is 1. The van der Waals surface area contributed by atoms with Crippen LogP contribution in [0.5, 0.6) is 0 Å². The summed E-state index contributed by atoms with van der Waals surface area (Å²) in [6.07, 6.45) is 3.44. The molecule has 0 atom stereocenters. The van der Waals surface area contributed by atoms with E-state index in [0.717, 1.165) is 25.7 Å². The number of carbonyl (C=O) groups excluding carboxylic acids is 1. The quantitative estimate of drug-likeness (QED) is 0.508. The van der Waals surface area contributed by atoms with E-state index in [1.54, 1.807) is 23.1 Å². The average molecular weight is 308 g/mol. The number of hydrogen-bond donors (Lipinski definition) is 0. The van der Waals surface area contributed by atoms with Crippen LogP contribution < -0.4 is 0 Å². The third-order valence-corrected chi connectivity index (χ3v) is 3.36. The van der Waals surface area contributed by atoms with Gasteiger partial charge >= 0.3 is 6.09 Å². The Labute approximate surface area is 131 Å². The summed E-state index contributed by atoms with van der Waals surface area (Å²) in [6, 6.07) is 6.31.